The van der Waals surface area contributed by atoms with Crippen molar-refractivity contribution in [3.8, 4) is 77.9 Å². The third-order valence-corrected chi connectivity index (χ3v) is 12.1. The first-order chi connectivity index (χ1) is 33.9. The Bertz CT molecular complexity index is 3540. The van der Waals surface area contributed by atoms with Crippen molar-refractivity contribution >= 4 is 27.8 Å². The zero-order valence-electron chi connectivity index (χ0n) is 39.6. The van der Waals surface area contributed by atoms with Gasteiger partial charge in [-0.3, -0.25) is 0 Å². The van der Waals surface area contributed by atoms with Gasteiger partial charge in [0.05, 0.1) is 5.48 Å². The van der Waals surface area contributed by atoms with Crippen molar-refractivity contribution in [3.05, 3.63) is 273 Å². The van der Waals surface area contributed by atoms with Gasteiger partial charge in [-0.05, 0) is 155 Å². The lowest BCUT2D eigenvalue weighted by Crippen LogP contribution is -2.09. The molecule has 306 valence electrons. The van der Waals surface area contributed by atoms with E-state index in [-0.39, 0.29) is 35.4 Å². The van der Waals surface area contributed by atoms with Gasteiger partial charge in [-0.2, -0.15) is 0 Å². The predicted molar refractivity (Wildman–Crippen MR) is 277 cm³/mol. The van der Waals surface area contributed by atoms with Crippen LogP contribution in [0, 0.1) is 0 Å². The van der Waals surface area contributed by atoms with Gasteiger partial charge in [0.1, 0.15) is 0 Å². The van der Waals surface area contributed by atoms with Gasteiger partial charge in [-0.15, -0.1) is 0 Å². The Kier molecular flexibility index (Phi) is 9.52. The normalized spacial score (nSPS) is 11.9. The van der Waals surface area contributed by atoms with E-state index < -0.39 is 0 Å². The van der Waals surface area contributed by atoms with Crippen molar-refractivity contribution in [1.82, 2.24) is 0 Å². The van der Waals surface area contributed by atoms with E-state index in [0.29, 0.717) is 16.9 Å². The fourth-order valence-corrected chi connectivity index (χ4v) is 8.79. The zero-order chi connectivity index (χ0) is 46.8. The molecule has 0 aliphatic carbocycles. The molecule has 0 atom stereocenters. The van der Waals surface area contributed by atoms with Crippen molar-refractivity contribution in [2.45, 2.75) is 0 Å². The van der Waals surface area contributed by atoms with E-state index in [9.17, 15) is 5.48 Å². The summed E-state index contributed by atoms with van der Waals surface area (Å²) in [5.74, 6) is 0. The molecule has 0 aliphatic heterocycles. The maximum atomic E-state index is 9.66. The highest BCUT2D eigenvalue weighted by molar-refractivity contribution is 5.97. The Morgan fingerprint density at radius 3 is 1.12 bits per heavy atom. The van der Waals surface area contributed by atoms with Crippen molar-refractivity contribution in [2.24, 2.45) is 0 Å². The topological polar surface area (TPSA) is 3.24 Å². The van der Waals surface area contributed by atoms with Crippen LogP contribution in [0.15, 0.2) is 273 Å². The third-order valence-electron chi connectivity index (χ3n) is 12.1. The minimum Gasteiger partial charge on any atom is -0.311 e. The highest BCUT2D eigenvalue weighted by Crippen LogP contribution is 2.40. The molecule has 0 saturated carbocycles. The molecule has 0 bridgehead atoms. The first-order valence-corrected chi connectivity index (χ1v) is 22.0. The molecule has 0 aliphatic rings. The molecule has 1 heteroatoms. The summed E-state index contributed by atoms with van der Waals surface area (Å²) < 4.78 is 38.3. The number of hydrogen-bond acceptors (Lipinski definition) is 1. The monoisotopic (exact) mass is 831 g/mol. The van der Waals surface area contributed by atoms with Crippen LogP contribution in [0.1, 0.15) is 5.48 Å². The summed E-state index contributed by atoms with van der Waals surface area (Å²) in [6.07, 6.45) is 0. The highest BCUT2D eigenvalue weighted by Gasteiger charge is 2.16. The summed E-state index contributed by atoms with van der Waals surface area (Å²) in [4.78, 5) is 1.86. The van der Waals surface area contributed by atoms with Crippen molar-refractivity contribution in [3.63, 3.8) is 0 Å². The van der Waals surface area contributed by atoms with Gasteiger partial charge < -0.3 is 4.90 Å². The predicted octanol–water partition coefficient (Wildman–Crippen LogP) is 18.0. The van der Waals surface area contributed by atoms with E-state index >= 15 is 0 Å². The minimum atomic E-state index is -0.130. The van der Waals surface area contributed by atoms with Crippen LogP contribution < -0.4 is 4.90 Å². The first kappa shape index (κ1) is 35.0. The lowest BCUT2D eigenvalue weighted by molar-refractivity contribution is 1.28. The number of rotatable bonds is 10. The molecule has 0 amide bonds. The van der Waals surface area contributed by atoms with Gasteiger partial charge in [-0.25, -0.2) is 0 Å². The fourth-order valence-electron chi connectivity index (χ4n) is 8.79. The van der Waals surface area contributed by atoms with Gasteiger partial charge in [0, 0.05) is 17.1 Å². The number of nitrogens with zero attached hydrogens (tertiary/aromatic N) is 1. The van der Waals surface area contributed by atoms with Crippen LogP contribution in [0.3, 0.4) is 0 Å². The van der Waals surface area contributed by atoms with E-state index in [1.807, 2.05) is 95.9 Å². The van der Waals surface area contributed by atoms with E-state index in [2.05, 4.69) is 158 Å². The zero-order valence-corrected chi connectivity index (χ0v) is 35.6. The van der Waals surface area contributed by atoms with Crippen LogP contribution in [0.5, 0.6) is 0 Å². The largest absolute Gasteiger partial charge is 0.311 e. The molecular formula is C64H45N. The Morgan fingerprint density at radius 2 is 0.585 bits per heavy atom. The molecule has 11 rings (SSSR count). The van der Waals surface area contributed by atoms with E-state index in [1.54, 1.807) is 0 Å². The smallest absolute Gasteiger partial charge is 0.0645 e. The second-order valence-electron chi connectivity index (χ2n) is 16.2. The molecule has 0 N–H and O–H groups in total. The molecule has 65 heavy (non-hydrogen) atoms. The van der Waals surface area contributed by atoms with Crippen molar-refractivity contribution in [1.29, 1.82) is 0 Å². The van der Waals surface area contributed by atoms with E-state index in [1.165, 1.54) is 16.3 Å². The van der Waals surface area contributed by atoms with Crippen LogP contribution in [-0.2, 0) is 0 Å². The van der Waals surface area contributed by atoms with Gasteiger partial charge in [0.15, 0.2) is 0 Å². The van der Waals surface area contributed by atoms with Crippen LogP contribution >= 0.6 is 0 Å². The van der Waals surface area contributed by atoms with Gasteiger partial charge in [0.25, 0.3) is 0 Å². The Balaban J connectivity index is 1.02. The average Bonchev–Trinajstić information content (AvgIpc) is 3.42. The maximum absolute atomic E-state index is 9.66. The molecule has 11 aromatic rings. The summed E-state index contributed by atoms with van der Waals surface area (Å²) in [5, 5.41) is 2.39. The molecule has 0 saturated heterocycles. The molecule has 11 aromatic carbocycles. The van der Waals surface area contributed by atoms with Gasteiger partial charge in [-0.1, -0.05) is 206 Å². The first-order valence-electron chi connectivity index (χ1n) is 24.0. The number of fused-ring (bicyclic) bond motifs is 1. The van der Waals surface area contributed by atoms with E-state index in [0.717, 1.165) is 61.2 Å². The molecule has 0 fully saturated rings. The molecular weight excluding hydrogens is 783 g/mol. The molecule has 0 spiro atoms. The average molecular weight is 832 g/mol. The maximum Gasteiger partial charge on any atom is 0.0645 e. The summed E-state index contributed by atoms with van der Waals surface area (Å²) in [7, 11) is 0. The fraction of sp³-hybridized carbons (Fsp3) is 0. The SMILES string of the molecule is [2H]c1c([2H])c(N(c2ccc(-c3cc(-c4ccccc4)cc(-c4ccccc4)c3)cc2)c2ccc(-c3cccc(-c4cccc5ccccc45)c3)cc2)c([2H])c([2H])c1-c1cccc(-c2ccccc2)c1. The van der Waals surface area contributed by atoms with Crippen molar-refractivity contribution in [2.75, 3.05) is 4.90 Å². The van der Waals surface area contributed by atoms with Crippen LogP contribution in [0.4, 0.5) is 17.1 Å². The Hall–Kier alpha value is -8.52. The summed E-state index contributed by atoms with van der Waals surface area (Å²) >= 11 is 0. The van der Waals surface area contributed by atoms with Crippen LogP contribution in [0.2, 0.25) is 0 Å². The molecule has 0 heterocycles. The molecule has 0 aromatic heterocycles. The summed E-state index contributed by atoms with van der Waals surface area (Å²) in [5.41, 5.74) is 15.3. The molecule has 0 radical (unpaired) electrons. The lowest BCUT2D eigenvalue weighted by Gasteiger charge is -2.26. The third kappa shape index (κ3) is 8.27. The molecule has 0 unspecified atom stereocenters. The number of anilines is 3. The standard InChI is InChI=1S/C64H45N/c1-4-15-46(16-5-1)53-23-12-24-54(41-53)49-29-35-60(36-30-49)65(61-37-31-50(32-38-61)55-25-13-26-56(42-55)64-28-14-22-52-21-10-11-27-63(52)64)62-39-33-51(34-40-62)59-44-57(47-17-6-2-7-18-47)43-58(45-59)48-19-8-3-9-20-48/h1-45H/i29D,30D,35D,36D. The second-order valence-corrected chi connectivity index (χ2v) is 16.2. The van der Waals surface area contributed by atoms with Gasteiger partial charge in [0.2, 0.25) is 0 Å². The lowest BCUT2D eigenvalue weighted by atomic mass is 9.93. The van der Waals surface area contributed by atoms with Crippen molar-refractivity contribution < 1.29 is 5.48 Å². The number of hydrogen-bond donors (Lipinski definition) is 0. The minimum absolute atomic E-state index is 0.106. The summed E-state index contributed by atoms with van der Waals surface area (Å²) in [6, 6.07) is 84.5. The quantitative estimate of drug-likeness (QED) is 0.133. The van der Waals surface area contributed by atoms with Gasteiger partial charge >= 0.3 is 0 Å². The summed E-state index contributed by atoms with van der Waals surface area (Å²) in [6.45, 7) is 0. The Labute approximate surface area is 387 Å². The molecule has 1 nitrogen and oxygen atoms in total. The highest BCUT2D eigenvalue weighted by atomic mass is 15.1. The van der Waals surface area contributed by atoms with Crippen LogP contribution in [0.25, 0.3) is 88.7 Å². The Morgan fingerprint density at radius 1 is 0.231 bits per heavy atom. The van der Waals surface area contributed by atoms with E-state index in [4.69, 9.17) is 0 Å². The second kappa shape index (κ2) is 17.7. The van der Waals surface area contributed by atoms with Crippen LogP contribution in [-0.4, -0.2) is 0 Å². The number of benzene rings is 11.